The molecule has 0 saturated heterocycles. The highest BCUT2D eigenvalue weighted by Crippen LogP contribution is 2.20. The molecule has 0 radical (unpaired) electrons. The predicted molar refractivity (Wildman–Crippen MR) is 76.5 cm³/mol. The molecule has 104 valence electrons. The van der Waals surface area contributed by atoms with Crippen molar-refractivity contribution in [3.63, 3.8) is 0 Å². The first-order valence-corrected chi connectivity index (χ1v) is 6.04. The van der Waals surface area contributed by atoms with Crippen molar-refractivity contribution in [3.05, 3.63) is 29.3 Å². The third-order valence-corrected chi connectivity index (χ3v) is 2.91. The van der Waals surface area contributed by atoms with E-state index < -0.39 is 0 Å². The second kappa shape index (κ2) is 6.63. The highest BCUT2D eigenvalue weighted by molar-refractivity contribution is 5.85. The number of likely N-dealkylation sites (N-methyl/N-ethyl adjacent to an activating group) is 1. The van der Waals surface area contributed by atoms with Gasteiger partial charge in [-0.3, -0.25) is 4.98 Å². The van der Waals surface area contributed by atoms with Crippen molar-refractivity contribution in [1.29, 1.82) is 0 Å². The average molecular weight is 283 g/mol. The van der Waals surface area contributed by atoms with Crippen molar-refractivity contribution in [3.8, 4) is 11.5 Å². The van der Waals surface area contributed by atoms with E-state index >= 15 is 0 Å². The number of hydrogen-bond acceptors (Lipinski definition) is 5. The molecule has 2 aromatic heterocycles. The SMILES string of the molecule is CNC(C)Cc1noc(-c2ccc(C)nc2C)n1.Cl. The van der Waals surface area contributed by atoms with Crippen LogP contribution in [0.1, 0.15) is 24.1 Å². The second-order valence-corrected chi connectivity index (χ2v) is 4.50. The first-order chi connectivity index (χ1) is 8.60. The summed E-state index contributed by atoms with van der Waals surface area (Å²) in [7, 11) is 1.92. The summed E-state index contributed by atoms with van der Waals surface area (Å²) in [6.07, 6.45) is 0.748. The van der Waals surface area contributed by atoms with Gasteiger partial charge in [0.05, 0.1) is 11.3 Å². The van der Waals surface area contributed by atoms with Gasteiger partial charge in [0, 0.05) is 18.2 Å². The van der Waals surface area contributed by atoms with Gasteiger partial charge in [-0.25, -0.2) is 0 Å². The zero-order chi connectivity index (χ0) is 13.1. The minimum absolute atomic E-state index is 0. The quantitative estimate of drug-likeness (QED) is 0.932. The van der Waals surface area contributed by atoms with Gasteiger partial charge in [-0.05, 0) is 40.0 Å². The molecule has 0 fully saturated rings. The van der Waals surface area contributed by atoms with Gasteiger partial charge in [-0.2, -0.15) is 4.98 Å². The van der Waals surface area contributed by atoms with Crippen LogP contribution in [0.15, 0.2) is 16.7 Å². The van der Waals surface area contributed by atoms with Crippen molar-refractivity contribution >= 4 is 12.4 Å². The Morgan fingerprint density at radius 2 is 2.00 bits per heavy atom. The first-order valence-electron chi connectivity index (χ1n) is 6.04. The number of hydrogen-bond donors (Lipinski definition) is 1. The van der Waals surface area contributed by atoms with Crippen LogP contribution in [0.3, 0.4) is 0 Å². The fourth-order valence-corrected chi connectivity index (χ4v) is 1.73. The van der Waals surface area contributed by atoms with Crippen LogP contribution in [0.2, 0.25) is 0 Å². The van der Waals surface area contributed by atoms with Crippen molar-refractivity contribution in [2.75, 3.05) is 7.05 Å². The van der Waals surface area contributed by atoms with Gasteiger partial charge >= 0.3 is 0 Å². The monoisotopic (exact) mass is 282 g/mol. The Kier molecular flexibility index (Phi) is 5.44. The van der Waals surface area contributed by atoms with E-state index in [1.807, 2.05) is 33.0 Å². The van der Waals surface area contributed by atoms with Gasteiger partial charge in [0.15, 0.2) is 5.82 Å². The van der Waals surface area contributed by atoms with E-state index in [1.165, 1.54) is 0 Å². The minimum atomic E-state index is 0. The lowest BCUT2D eigenvalue weighted by atomic mass is 10.2. The van der Waals surface area contributed by atoms with E-state index in [4.69, 9.17) is 4.52 Å². The van der Waals surface area contributed by atoms with E-state index in [1.54, 1.807) is 0 Å². The van der Waals surface area contributed by atoms with Gasteiger partial charge in [-0.1, -0.05) is 5.16 Å². The van der Waals surface area contributed by atoms with Gasteiger partial charge in [-0.15, -0.1) is 12.4 Å². The molecule has 2 heterocycles. The molecule has 6 heteroatoms. The zero-order valence-corrected chi connectivity index (χ0v) is 12.4. The Balaban J connectivity index is 0.00000180. The zero-order valence-electron chi connectivity index (χ0n) is 11.6. The fourth-order valence-electron chi connectivity index (χ4n) is 1.73. The Labute approximate surface area is 119 Å². The average Bonchev–Trinajstić information content (AvgIpc) is 2.77. The normalized spacial score (nSPS) is 12.0. The van der Waals surface area contributed by atoms with Crippen molar-refractivity contribution in [2.24, 2.45) is 0 Å². The molecule has 0 aromatic carbocycles. The molecule has 0 saturated carbocycles. The van der Waals surface area contributed by atoms with E-state index in [9.17, 15) is 0 Å². The number of pyridine rings is 1. The number of aromatic nitrogens is 3. The maximum Gasteiger partial charge on any atom is 0.259 e. The minimum Gasteiger partial charge on any atom is -0.334 e. The topological polar surface area (TPSA) is 63.8 Å². The van der Waals surface area contributed by atoms with Crippen LogP contribution in [-0.4, -0.2) is 28.2 Å². The molecule has 0 amide bonds. The first kappa shape index (κ1) is 15.6. The smallest absolute Gasteiger partial charge is 0.259 e. The van der Waals surface area contributed by atoms with E-state index in [0.717, 1.165) is 23.4 Å². The van der Waals surface area contributed by atoms with Crippen LogP contribution in [0.25, 0.3) is 11.5 Å². The molecule has 0 spiro atoms. The third kappa shape index (κ3) is 3.75. The van der Waals surface area contributed by atoms with Crippen LogP contribution < -0.4 is 5.32 Å². The van der Waals surface area contributed by atoms with Crippen LogP contribution in [-0.2, 0) is 6.42 Å². The number of rotatable bonds is 4. The molecule has 0 bridgehead atoms. The standard InChI is InChI=1S/C13H18N4O.ClH/c1-8-5-6-11(10(3)15-8)13-16-12(17-18-13)7-9(2)14-4;/h5-6,9,14H,7H2,1-4H3;1H. The second-order valence-electron chi connectivity index (χ2n) is 4.50. The van der Waals surface area contributed by atoms with E-state index in [-0.39, 0.29) is 12.4 Å². The van der Waals surface area contributed by atoms with E-state index in [2.05, 4.69) is 27.4 Å². The van der Waals surface area contributed by atoms with Crippen LogP contribution in [0.4, 0.5) is 0 Å². The highest BCUT2D eigenvalue weighted by atomic mass is 35.5. The van der Waals surface area contributed by atoms with Gasteiger partial charge in [0.25, 0.3) is 5.89 Å². The molecule has 19 heavy (non-hydrogen) atoms. The Bertz CT molecular complexity index is 541. The molecular weight excluding hydrogens is 264 g/mol. The fraction of sp³-hybridized carbons (Fsp3) is 0.462. The largest absolute Gasteiger partial charge is 0.334 e. The van der Waals surface area contributed by atoms with Gasteiger partial charge < -0.3 is 9.84 Å². The Morgan fingerprint density at radius 3 is 2.63 bits per heavy atom. The summed E-state index contributed by atoms with van der Waals surface area (Å²) >= 11 is 0. The summed E-state index contributed by atoms with van der Waals surface area (Å²) in [5.74, 6) is 1.25. The molecule has 2 aromatic rings. The summed E-state index contributed by atoms with van der Waals surface area (Å²) in [6, 6.07) is 4.24. The molecule has 0 aliphatic heterocycles. The van der Waals surface area contributed by atoms with Gasteiger partial charge in [0.2, 0.25) is 0 Å². The lowest BCUT2D eigenvalue weighted by Crippen LogP contribution is -2.24. The number of nitrogens with one attached hydrogen (secondary N) is 1. The lowest BCUT2D eigenvalue weighted by molar-refractivity contribution is 0.418. The predicted octanol–water partition coefficient (Wildman–Crippen LogP) is 2.32. The highest BCUT2D eigenvalue weighted by Gasteiger charge is 2.13. The van der Waals surface area contributed by atoms with Crippen LogP contribution >= 0.6 is 12.4 Å². The van der Waals surface area contributed by atoms with E-state index in [0.29, 0.717) is 17.8 Å². The molecule has 1 atom stereocenters. The summed E-state index contributed by atoms with van der Waals surface area (Å²) < 4.78 is 5.29. The van der Waals surface area contributed by atoms with Crippen molar-refractivity contribution in [2.45, 2.75) is 33.2 Å². The molecular formula is C13H19ClN4O. The molecule has 2 rings (SSSR count). The number of aryl methyl sites for hydroxylation is 2. The number of halogens is 1. The van der Waals surface area contributed by atoms with Gasteiger partial charge in [0.1, 0.15) is 0 Å². The maximum absolute atomic E-state index is 5.29. The Hall–Kier alpha value is -1.46. The molecule has 0 aliphatic carbocycles. The molecule has 5 nitrogen and oxygen atoms in total. The summed E-state index contributed by atoms with van der Waals surface area (Å²) in [5.41, 5.74) is 2.79. The van der Waals surface area contributed by atoms with Crippen LogP contribution in [0.5, 0.6) is 0 Å². The lowest BCUT2D eigenvalue weighted by Gasteiger charge is -2.04. The Morgan fingerprint density at radius 1 is 1.26 bits per heavy atom. The third-order valence-electron chi connectivity index (χ3n) is 2.91. The molecule has 1 unspecified atom stereocenters. The van der Waals surface area contributed by atoms with Crippen LogP contribution in [0, 0.1) is 13.8 Å². The van der Waals surface area contributed by atoms with Crippen molar-refractivity contribution < 1.29 is 4.52 Å². The summed E-state index contributed by atoms with van der Waals surface area (Å²) in [5, 5.41) is 7.14. The summed E-state index contributed by atoms with van der Waals surface area (Å²) in [4.78, 5) is 8.80. The summed E-state index contributed by atoms with van der Waals surface area (Å²) in [6.45, 7) is 5.99. The molecule has 1 N–H and O–H groups in total. The maximum atomic E-state index is 5.29. The molecule has 0 aliphatic rings. The number of nitrogens with zero attached hydrogens (tertiary/aromatic N) is 3. The van der Waals surface area contributed by atoms with Crippen molar-refractivity contribution in [1.82, 2.24) is 20.4 Å².